The number of hydrogen-bond acceptors (Lipinski definition) is 5. The third-order valence-corrected chi connectivity index (χ3v) is 5.50. The highest BCUT2D eigenvalue weighted by atomic mass is 32.1. The van der Waals surface area contributed by atoms with Crippen LogP contribution in [0, 0.1) is 0 Å². The molecule has 2 heterocycles. The topological polar surface area (TPSA) is 45.4 Å². The van der Waals surface area contributed by atoms with Crippen LogP contribution in [-0.4, -0.2) is 42.6 Å². The average Bonchev–Trinajstić information content (AvgIpc) is 2.78. The van der Waals surface area contributed by atoms with E-state index in [0.29, 0.717) is 6.04 Å². The highest BCUT2D eigenvalue weighted by Crippen LogP contribution is 2.36. The minimum absolute atomic E-state index is 0.227. The fourth-order valence-corrected chi connectivity index (χ4v) is 3.98. The van der Waals surface area contributed by atoms with E-state index in [1.165, 1.54) is 22.1 Å². The number of hydrogen-bond donors (Lipinski definition) is 1. The molecule has 2 atom stereocenters. The maximum Gasteiger partial charge on any atom is 0.185 e. The molecule has 100 valence electrons. The molecule has 1 saturated heterocycles. The predicted octanol–water partition coefficient (Wildman–Crippen LogP) is 1.62. The number of anilines is 1. The van der Waals surface area contributed by atoms with Crippen molar-refractivity contribution in [2.75, 3.05) is 31.6 Å². The van der Waals surface area contributed by atoms with Crippen LogP contribution in [0.5, 0.6) is 0 Å². The molecule has 0 saturated carbocycles. The number of piperazine rings is 1. The number of nitrogens with zero attached hydrogens (tertiary/aromatic N) is 3. The Hall–Kier alpha value is -0.650. The molecule has 2 N–H and O–H groups in total. The van der Waals surface area contributed by atoms with Gasteiger partial charge < -0.3 is 15.5 Å². The van der Waals surface area contributed by atoms with Crippen LogP contribution in [0.3, 0.4) is 0 Å². The summed E-state index contributed by atoms with van der Waals surface area (Å²) in [5, 5.41) is 1.19. The number of aryl methyl sites for hydroxylation is 1. The van der Waals surface area contributed by atoms with Gasteiger partial charge in [0, 0.05) is 36.6 Å². The van der Waals surface area contributed by atoms with Gasteiger partial charge in [0.05, 0.1) is 5.69 Å². The first kappa shape index (κ1) is 12.4. The van der Waals surface area contributed by atoms with Gasteiger partial charge in [-0.15, -0.1) is 0 Å². The fourth-order valence-electron chi connectivity index (χ4n) is 2.80. The van der Waals surface area contributed by atoms with Gasteiger partial charge in [-0.2, -0.15) is 0 Å². The summed E-state index contributed by atoms with van der Waals surface area (Å²) in [4.78, 5) is 11.0. The summed E-state index contributed by atoms with van der Waals surface area (Å²) >= 11 is 1.82. The molecular formula is C13H22N4S. The van der Waals surface area contributed by atoms with Gasteiger partial charge in [0.25, 0.3) is 0 Å². The second kappa shape index (κ2) is 4.79. The number of nitrogens with two attached hydrogens (primary N) is 1. The van der Waals surface area contributed by atoms with Crippen molar-refractivity contribution in [3.63, 3.8) is 0 Å². The molecular weight excluding hydrogens is 244 g/mol. The Labute approximate surface area is 113 Å². The maximum atomic E-state index is 6.18. The molecule has 18 heavy (non-hydrogen) atoms. The van der Waals surface area contributed by atoms with Crippen molar-refractivity contribution in [3.8, 4) is 0 Å². The van der Waals surface area contributed by atoms with Crippen molar-refractivity contribution in [1.29, 1.82) is 0 Å². The second-order valence-electron chi connectivity index (χ2n) is 5.58. The molecule has 1 aromatic heterocycles. The van der Waals surface area contributed by atoms with Gasteiger partial charge >= 0.3 is 0 Å². The molecule has 1 fully saturated rings. The van der Waals surface area contributed by atoms with E-state index in [4.69, 9.17) is 10.7 Å². The molecule has 0 aromatic carbocycles. The first-order chi connectivity index (χ1) is 8.65. The summed E-state index contributed by atoms with van der Waals surface area (Å²) in [6, 6.07) is 0.832. The molecule has 2 unspecified atom stereocenters. The standard InChI is InChI=1S/C13H22N4S/c1-9-8-17(7-6-16(9)2)13-15-11-5-3-4-10(14)12(11)18-13/h9-10H,3-8,14H2,1-2H3. The maximum absolute atomic E-state index is 6.18. The number of aromatic nitrogens is 1. The largest absolute Gasteiger partial charge is 0.345 e. The van der Waals surface area contributed by atoms with Crippen molar-refractivity contribution in [3.05, 3.63) is 10.6 Å². The van der Waals surface area contributed by atoms with Gasteiger partial charge in [0.2, 0.25) is 0 Å². The van der Waals surface area contributed by atoms with Crippen molar-refractivity contribution >= 4 is 16.5 Å². The minimum atomic E-state index is 0.227. The second-order valence-corrected chi connectivity index (χ2v) is 6.59. The van der Waals surface area contributed by atoms with Crippen LogP contribution in [0.1, 0.15) is 36.4 Å². The molecule has 2 aliphatic rings. The van der Waals surface area contributed by atoms with Gasteiger partial charge in [0.15, 0.2) is 5.13 Å². The highest BCUT2D eigenvalue weighted by molar-refractivity contribution is 7.15. The molecule has 0 amide bonds. The first-order valence-corrected chi connectivity index (χ1v) is 7.67. The third-order valence-electron chi connectivity index (χ3n) is 4.21. The molecule has 4 nitrogen and oxygen atoms in total. The van der Waals surface area contributed by atoms with E-state index in [-0.39, 0.29) is 6.04 Å². The number of rotatable bonds is 1. The van der Waals surface area contributed by atoms with Crippen LogP contribution in [0.4, 0.5) is 5.13 Å². The summed E-state index contributed by atoms with van der Waals surface area (Å²) in [5.74, 6) is 0. The third kappa shape index (κ3) is 2.15. The normalized spacial score (nSPS) is 29.4. The summed E-state index contributed by atoms with van der Waals surface area (Å²) in [6.07, 6.45) is 3.42. The lowest BCUT2D eigenvalue weighted by Gasteiger charge is -2.37. The Morgan fingerprint density at radius 2 is 2.22 bits per heavy atom. The van der Waals surface area contributed by atoms with E-state index in [2.05, 4.69) is 23.8 Å². The van der Waals surface area contributed by atoms with Gasteiger partial charge in [-0.1, -0.05) is 11.3 Å². The van der Waals surface area contributed by atoms with Crippen molar-refractivity contribution in [2.24, 2.45) is 5.73 Å². The van der Waals surface area contributed by atoms with Crippen LogP contribution < -0.4 is 10.6 Å². The molecule has 0 bridgehead atoms. The molecule has 1 aromatic rings. The monoisotopic (exact) mass is 266 g/mol. The zero-order valence-corrected chi connectivity index (χ0v) is 12.0. The van der Waals surface area contributed by atoms with E-state index in [9.17, 15) is 0 Å². The van der Waals surface area contributed by atoms with Crippen LogP contribution in [-0.2, 0) is 6.42 Å². The Morgan fingerprint density at radius 3 is 2.94 bits per heavy atom. The van der Waals surface area contributed by atoms with E-state index < -0.39 is 0 Å². The molecule has 0 radical (unpaired) electrons. The van der Waals surface area contributed by atoms with Gasteiger partial charge in [0.1, 0.15) is 0 Å². The number of likely N-dealkylation sites (N-methyl/N-ethyl adjacent to an activating group) is 1. The lowest BCUT2D eigenvalue weighted by Crippen LogP contribution is -2.50. The zero-order valence-electron chi connectivity index (χ0n) is 11.2. The van der Waals surface area contributed by atoms with Gasteiger partial charge in [-0.3, -0.25) is 0 Å². The summed E-state index contributed by atoms with van der Waals surface area (Å²) in [6.45, 7) is 5.57. The smallest absolute Gasteiger partial charge is 0.185 e. The van der Waals surface area contributed by atoms with E-state index >= 15 is 0 Å². The van der Waals surface area contributed by atoms with E-state index in [0.717, 1.165) is 32.5 Å². The van der Waals surface area contributed by atoms with Crippen LogP contribution >= 0.6 is 11.3 Å². The lowest BCUT2D eigenvalue weighted by molar-refractivity contribution is 0.234. The van der Waals surface area contributed by atoms with Gasteiger partial charge in [-0.25, -0.2) is 4.98 Å². The summed E-state index contributed by atoms with van der Waals surface area (Å²) in [7, 11) is 2.20. The van der Waals surface area contributed by atoms with Crippen LogP contribution in [0.15, 0.2) is 0 Å². The van der Waals surface area contributed by atoms with Gasteiger partial charge in [-0.05, 0) is 33.2 Å². The fraction of sp³-hybridized carbons (Fsp3) is 0.769. The van der Waals surface area contributed by atoms with E-state index in [1.54, 1.807) is 0 Å². The summed E-state index contributed by atoms with van der Waals surface area (Å²) in [5.41, 5.74) is 7.45. The molecule has 1 aliphatic heterocycles. The first-order valence-electron chi connectivity index (χ1n) is 6.85. The Morgan fingerprint density at radius 1 is 1.39 bits per heavy atom. The van der Waals surface area contributed by atoms with Crippen LogP contribution in [0.2, 0.25) is 0 Å². The highest BCUT2D eigenvalue weighted by Gasteiger charge is 2.27. The Kier molecular flexibility index (Phi) is 3.30. The lowest BCUT2D eigenvalue weighted by atomic mass is 9.99. The Balaban J connectivity index is 1.81. The molecule has 3 rings (SSSR count). The Bertz CT molecular complexity index is 431. The molecule has 5 heteroatoms. The van der Waals surface area contributed by atoms with Crippen molar-refractivity contribution in [2.45, 2.75) is 38.3 Å². The summed E-state index contributed by atoms with van der Waals surface area (Å²) < 4.78 is 0. The zero-order chi connectivity index (χ0) is 12.7. The number of thiazole rings is 1. The van der Waals surface area contributed by atoms with Crippen molar-refractivity contribution in [1.82, 2.24) is 9.88 Å². The quantitative estimate of drug-likeness (QED) is 0.839. The molecule has 0 spiro atoms. The average molecular weight is 266 g/mol. The number of fused-ring (bicyclic) bond motifs is 1. The predicted molar refractivity (Wildman–Crippen MR) is 76.3 cm³/mol. The molecule has 1 aliphatic carbocycles. The SMILES string of the molecule is CC1CN(c2nc3c(s2)C(N)CCC3)CCN1C. The van der Waals surface area contributed by atoms with Crippen LogP contribution in [0.25, 0.3) is 0 Å². The van der Waals surface area contributed by atoms with Crippen molar-refractivity contribution < 1.29 is 0 Å². The van der Waals surface area contributed by atoms with E-state index in [1.807, 2.05) is 11.3 Å². The minimum Gasteiger partial charge on any atom is -0.345 e.